The topological polar surface area (TPSA) is 113 Å². The average molecular weight is 539 g/mol. The van der Waals surface area contributed by atoms with Crippen LogP contribution >= 0.6 is 0 Å². The van der Waals surface area contributed by atoms with Gasteiger partial charge in [0.15, 0.2) is 5.76 Å². The lowest BCUT2D eigenvalue weighted by Gasteiger charge is -2.33. The number of alkyl halides is 1. The number of anilines is 1. The van der Waals surface area contributed by atoms with Crippen molar-refractivity contribution in [3.05, 3.63) is 102 Å². The van der Waals surface area contributed by atoms with Gasteiger partial charge in [-0.1, -0.05) is 30.8 Å². The number of allylic oxidation sites excluding steroid dienone is 1. The number of aliphatic hydroxyl groups is 3. The number of benzene rings is 2. The van der Waals surface area contributed by atoms with E-state index in [4.69, 9.17) is 9.47 Å². The summed E-state index contributed by atoms with van der Waals surface area (Å²) in [5, 5.41) is 39.9. The summed E-state index contributed by atoms with van der Waals surface area (Å²) in [6, 6.07) is 15.5. The lowest BCUT2D eigenvalue weighted by molar-refractivity contribution is -0.423. The van der Waals surface area contributed by atoms with Crippen LogP contribution in [0.3, 0.4) is 0 Å². The zero-order valence-electron chi connectivity index (χ0n) is 21.2. The fraction of sp³-hybridized carbons (Fsp3) is 0.286. The summed E-state index contributed by atoms with van der Waals surface area (Å²) in [6.45, 7) is 5.67. The van der Waals surface area contributed by atoms with Crippen LogP contribution in [0.25, 0.3) is 5.69 Å². The summed E-state index contributed by atoms with van der Waals surface area (Å²) >= 11 is 0. The first kappa shape index (κ1) is 26.7. The highest BCUT2D eigenvalue weighted by Gasteiger charge is 2.50. The Morgan fingerprint density at radius 1 is 1.08 bits per heavy atom. The van der Waals surface area contributed by atoms with E-state index in [9.17, 15) is 19.7 Å². The van der Waals surface area contributed by atoms with Gasteiger partial charge in [0.2, 0.25) is 0 Å². The summed E-state index contributed by atoms with van der Waals surface area (Å²) in [6.07, 6.45) is 4.22. The first-order valence-electron chi connectivity index (χ1n) is 12.4. The molecule has 2 aromatic carbocycles. The van der Waals surface area contributed by atoms with E-state index in [0.717, 1.165) is 29.6 Å². The lowest BCUT2D eigenvalue weighted by atomic mass is 9.91. The molecule has 2 aliphatic heterocycles. The fourth-order valence-electron chi connectivity index (χ4n) is 4.42. The molecule has 5 rings (SSSR count). The molecule has 3 aromatic rings. The van der Waals surface area contributed by atoms with Crippen molar-refractivity contribution in [2.24, 2.45) is 5.10 Å². The van der Waals surface area contributed by atoms with Crippen molar-refractivity contribution in [2.45, 2.75) is 37.5 Å². The molecule has 1 fully saturated rings. The lowest BCUT2D eigenvalue weighted by Crippen LogP contribution is -2.51. The van der Waals surface area contributed by atoms with E-state index in [1.165, 1.54) is 12.3 Å². The van der Waals surface area contributed by atoms with Crippen LogP contribution in [0.1, 0.15) is 36.9 Å². The van der Waals surface area contributed by atoms with Crippen LogP contribution in [0.15, 0.2) is 90.0 Å². The van der Waals surface area contributed by atoms with Crippen LogP contribution in [-0.2, 0) is 9.47 Å². The third-order valence-electron chi connectivity index (χ3n) is 6.67. The Labute approximate surface area is 223 Å². The van der Waals surface area contributed by atoms with Crippen molar-refractivity contribution in [2.75, 3.05) is 18.2 Å². The highest BCUT2D eigenvalue weighted by atomic mass is 19.2. The minimum Gasteiger partial charge on any atom is -0.433 e. The Kier molecular flexibility index (Phi) is 7.08. The van der Waals surface area contributed by atoms with Crippen molar-refractivity contribution < 1.29 is 33.6 Å². The van der Waals surface area contributed by atoms with Crippen LogP contribution < -0.4 is 5.01 Å². The first-order valence-corrected chi connectivity index (χ1v) is 12.4. The second kappa shape index (κ2) is 10.3. The third-order valence-corrected chi connectivity index (χ3v) is 6.67. The zero-order valence-corrected chi connectivity index (χ0v) is 21.2. The van der Waals surface area contributed by atoms with E-state index in [0.29, 0.717) is 31.5 Å². The molecule has 0 saturated carbocycles. The number of para-hydroxylation sites is 1. The summed E-state index contributed by atoms with van der Waals surface area (Å²) in [7, 11) is 0. The van der Waals surface area contributed by atoms with Gasteiger partial charge in [0, 0.05) is 25.7 Å². The molecule has 2 aliphatic rings. The molecule has 0 spiro atoms. The van der Waals surface area contributed by atoms with Crippen LogP contribution in [-0.4, -0.2) is 55.9 Å². The highest BCUT2D eigenvalue weighted by Crippen LogP contribution is 2.35. The van der Waals surface area contributed by atoms with Gasteiger partial charge < -0.3 is 24.8 Å². The second-order valence-corrected chi connectivity index (χ2v) is 9.49. The van der Waals surface area contributed by atoms with Crippen LogP contribution in [0.2, 0.25) is 0 Å². The first-order chi connectivity index (χ1) is 18.5. The quantitative estimate of drug-likeness (QED) is 0.392. The SMILES string of the molecule is C=C1C(OC(O)(O)C(C)(O)F)=CN(c2ccc(C3CCOCC3)cc2F)N=C1c1ccnn1-c1ccccc1. The standard InChI is InChI=1S/C28H28F2N4O5/c1-18-25(39-28(36,37)27(2,30)35)17-33(23-9-8-20(16-22(23)29)19-11-14-38-15-12-19)32-26(18)24-10-13-31-34(24)21-6-4-3-5-7-21/h3-10,13,16-17,19,35-37H,1,11-12,14-15H2,2H3. The summed E-state index contributed by atoms with van der Waals surface area (Å²) in [4.78, 5) is 0. The van der Waals surface area contributed by atoms with E-state index in [1.807, 2.05) is 30.3 Å². The number of hydrogen-bond acceptors (Lipinski definition) is 8. The zero-order chi connectivity index (χ0) is 27.8. The molecule has 1 unspecified atom stereocenters. The number of halogens is 2. The van der Waals surface area contributed by atoms with Crippen molar-refractivity contribution in [3.8, 4) is 5.69 Å². The molecule has 3 N–H and O–H groups in total. The molecule has 1 atom stereocenters. The molecule has 9 nitrogen and oxygen atoms in total. The molecule has 0 aliphatic carbocycles. The molecule has 1 aromatic heterocycles. The molecule has 204 valence electrons. The Morgan fingerprint density at radius 3 is 2.46 bits per heavy atom. The predicted octanol–water partition coefficient (Wildman–Crippen LogP) is 3.86. The molecule has 3 heterocycles. The van der Waals surface area contributed by atoms with E-state index in [1.54, 1.807) is 22.9 Å². The molecular weight excluding hydrogens is 510 g/mol. The Balaban J connectivity index is 1.58. The average Bonchev–Trinajstić information content (AvgIpc) is 3.40. The van der Waals surface area contributed by atoms with Crippen molar-refractivity contribution in [1.82, 2.24) is 9.78 Å². The smallest absolute Gasteiger partial charge is 0.384 e. The maximum absolute atomic E-state index is 15.5. The Hall–Kier alpha value is -3.90. The fourth-order valence-corrected chi connectivity index (χ4v) is 4.42. The minimum atomic E-state index is -3.65. The number of hydrazone groups is 1. The third kappa shape index (κ3) is 5.34. The van der Waals surface area contributed by atoms with Crippen LogP contribution in [0.5, 0.6) is 0 Å². The summed E-state index contributed by atoms with van der Waals surface area (Å²) < 4.78 is 41.7. The molecule has 1 saturated heterocycles. The van der Waals surface area contributed by atoms with Gasteiger partial charge in [0.25, 0.3) is 5.85 Å². The summed E-state index contributed by atoms with van der Waals surface area (Å²) in [5.41, 5.74) is 2.10. The number of rotatable bonds is 7. The Morgan fingerprint density at radius 2 is 1.79 bits per heavy atom. The minimum absolute atomic E-state index is 0.0138. The predicted molar refractivity (Wildman–Crippen MR) is 139 cm³/mol. The molecule has 0 bridgehead atoms. The van der Waals surface area contributed by atoms with Gasteiger partial charge in [0.05, 0.1) is 23.8 Å². The van der Waals surface area contributed by atoms with Gasteiger partial charge in [-0.2, -0.15) is 10.2 Å². The maximum atomic E-state index is 15.5. The number of nitrogens with zero attached hydrogens (tertiary/aromatic N) is 4. The number of aromatic nitrogens is 2. The number of hydrogen-bond donors (Lipinski definition) is 3. The maximum Gasteiger partial charge on any atom is 0.384 e. The molecule has 39 heavy (non-hydrogen) atoms. The van der Waals surface area contributed by atoms with Gasteiger partial charge in [0.1, 0.15) is 17.2 Å². The molecule has 11 heteroatoms. The largest absolute Gasteiger partial charge is 0.433 e. The van der Waals surface area contributed by atoms with Crippen molar-refractivity contribution in [1.29, 1.82) is 0 Å². The highest BCUT2D eigenvalue weighted by molar-refractivity contribution is 6.15. The van der Waals surface area contributed by atoms with Gasteiger partial charge in [-0.15, -0.1) is 0 Å². The van der Waals surface area contributed by atoms with E-state index in [2.05, 4.69) is 16.8 Å². The van der Waals surface area contributed by atoms with E-state index < -0.39 is 17.6 Å². The Bertz CT molecular complexity index is 1420. The van der Waals surface area contributed by atoms with Gasteiger partial charge in [-0.3, -0.25) is 0 Å². The normalized spacial score (nSPS) is 18.4. The second-order valence-electron chi connectivity index (χ2n) is 9.49. The molecular formula is C28H28F2N4O5. The molecule has 0 amide bonds. The van der Waals surface area contributed by atoms with Gasteiger partial charge in [-0.05, 0) is 54.7 Å². The van der Waals surface area contributed by atoms with Crippen LogP contribution in [0, 0.1) is 5.82 Å². The molecule has 0 radical (unpaired) electrons. The summed E-state index contributed by atoms with van der Waals surface area (Å²) in [5.74, 6) is -8.00. The van der Waals surface area contributed by atoms with E-state index in [-0.39, 0.29) is 28.6 Å². The monoisotopic (exact) mass is 538 g/mol. The number of ether oxygens (including phenoxy) is 2. The van der Waals surface area contributed by atoms with Gasteiger partial charge in [-0.25, -0.2) is 18.5 Å². The van der Waals surface area contributed by atoms with Crippen LogP contribution in [0.4, 0.5) is 14.5 Å². The van der Waals surface area contributed by atoms with Crippen molar-refractivity contribution in [3.63, 3.8) is 0 Å². The van der Waals surface area contributed by atoms with Crippen molar-refractivity contribution >= 4 is 11.4 Å². The van der Waals surface area contributed by atoms with E-state index >= 15 is 4.39 Å². The van der Waals surface area contributed by atoms with Gasteiger partial charge >= 0.3 is 5.97 Å².